The number of aryl methyl sites for hydroxylation is 1. The second-order valence-electron chi connectivity index (χ2n) is 8.24. The molecular weight excluding hydrogens is 406 g/mol. The van der Waals surface area contributed by atoms with Crippen molar-refractivity contribution in [3.63, 3.8) is 0 Å². The second-order valence-corrected chi connectivity index (χ2v) is 8.24. The molecule has 0 aliphatic carbocycles. The molecule has 0 N–H and O–H groups in total. The molecule has 3 heterocycles. The zero-order chi connectivity index (χ0) is 22.7. The maximum Gasteiger partial charge on any atom is 0.291 e. The maximum atomic E-state index is 13.4. The number of carbonyl (C=O) groups excluding carboxylic acids is 1. The van der Waals surface area contributed by atoms with Crippen LogP contribution in [0.1, 0.15) is 19.1 Å². The molecule has 3 aromatic heterocycles. The van der Waals surface area contributed by atoms with Crippen LogP contribution in [0.3, 0.4) is 0 Å². The molecule has 1 aromatic carbocycles. The number of nitrogens with zero attached hydrogens (tertiary/aromatic N) is 5. The van der Waals surface area contributed by atoms with Crippen molar-refractivity contribution in [3.05, 3.63) is 65.0 Å². The fourth-order valence-electron chi connectivity index (χ4n) is 3.99. The van der Waals surface area contributed by atoms with Crippen molar-refractivity contribution in [2.45, 2.75) is 33.0 Å². The van der Waals surface area contributed by atoms with Crippen molar-refractivity contribution in [1.29, 1.82) is 0 Å². The van der Waals surface area contributed by atoms with Gasteiger partial charge in [-0.15, -0.1) is 0 Å². The van der Waals surface area contributed by atoms with Gasteiger partial charge in [0.05, 0.1) is 19.0 Å². The minimum absolute atomic E-state index is 0.115. The van der Waals surface area contributed by atoms with Crippen molar-refractivity contribution in [1.82, 2.24) is 24.1 Å². The van der Waals surface area contributed by atoms with Crippen LogP contribution in [-0.2, 0) is 24.4 Å². The molecule has 0 aliphatic rings. The van der Waals surface area contributed by atoms with Crippen molar-refractivity contribution in [2.24, 2.45) is 0 Å². The molecule has 4 rings (SSSR count). The molecule has 8 nitrogen and oxygen atoms in total. The van der Waals surface area contributed by atoms with Gasteiger partial charge in [0.1, 0.15) is 17.8 Å². The zero-order valence-corrected chi connectivity index (χ0v) is 18.8. The molecular formula is C24H29N5O3. The topological polar surface area (TPSA) is 76.5 Å². The standard InChI is InChI=1S/C24H29N5O3/c1-4-11-28-21-10-6-5-9-19(21)20-15-25-29(24(31)23(20)28)17-22(30)27(13-12-26(2)3)16-18-8-7-14-32-18/h5-10,14-15H,4,11-13,16-17H2,1-3H3. The van der Waals surface area contributed by atoms with Crippen molar-refractivity contribution < 1.29 is 9.21 Å². The summed E-state index contributed by atoms with van der Waals surface area (Å²) in [5, 5.41) is 6.18. The molecule has 0 aliphatic heterocycles. The van der Waals surface area contributed by atoms with Crippen LogP contribution in [0.15, 0.2) is 58.1 Å². The maximum absolute atomic E-state index is 13.4. The van der Waals surface area contributed by atoms with E-state index in [2.05, 4.69) is 12.0 Å². The van der Waals surface area contributed by atoms with Gasteiger partial charge in [-0.25, -0.2) is 4.68 Å². The van der Waals surface area contributed by atoms with Gasteiger partial charge in [-0.1, -0.05) is 25.1 Å². The number of benzene rings is 1. The smallest absolute Gasteiger partial charge is 0.291 e. The highest BCUT2D eigenvalue weighted by atomic mass is 16.3. The average molecular weight is 436 g/mol. The highest BCUT2D eigenvalue weighted by Gasteiger charge is 2.20. The number of amides is 1. The Hall–Kier alpha value is -3.39. The number of hydrogen-bond donors (Lipinski definition) is 0. The van der Waals surface area contributed by atoms with E-state index >= 15 is 0 Å². The Morgan fingerprint density at radius 1 is 1.09 bits per heavy atom. The van der Waals surface area contributed by atoms with Gasteiger partial charge in [-0.2, -0.15) is 5.10 Å². The lowest BCUT2D eigenvalue weighted by Crippen LogP contribution is -2.40. The van der Waals surface area contributed by atoms with Gasteiger partial charge >= 0.3 is 0 Å². The van der Waals surface area contributed by atoms with E-state index in [1.54, 1.807) is 23.4 Å². The largest absolute Gasteiger partial charge is 0.467 e. The summed E-state index contributed by atoms with van der Waals surface area (Å²) in [5.41, 5.74) is 1.37. The lowest BCUT2D eigenvalue weighted by molar-refractivity contribution is -0.133. The summed E-state index contributed by atoms with van der Waals surface area (Å²) in [6.45, 7) is 4.29. The summed E-state index contributed by atoms with van der Waals surface area (Å²) in [7, 11) is 3.92. The van der Waals surface area contributed by atoms with Gasteiger partial charge < -0.3 is 18.8 Å². The number of carbonyl (C=O) groups is 1. The van der Waals surface area contributed by atoms with Crippen molar-refractivity contribution >= 4 is 27.7 Å². The zero-order valence-electron chi connectivity index (χ0n) is 18.8. The number of rotatable bonds is 9. The Morgan fingerprint density at radius 2 is 1.91 bits per heavy atom. The molecule has 0 spiro atoms. The van der Waals surface area contributed by atoms with Crippen LogP contribution in [0, 0.1) is 0 Å². The average Bonchev–Trinajstić information content (AvgIpc) is 3.40. The summed E-state index contributed by atoms with van der Waals surface area (Å²) in [6.07, 6.45) is 4.20. The lowest BCUT2D eigenvalue weighted by atomic mass is 10.2. The fourth-order valence-corrected chi connectivity index (χ4v) is 3.99. The Morgan fingerprint density at radius 3 is 2.62 bits per heavy atom. The van der Waals surface area contributed by atoms with Gasteiger partial charge in [0.2, 0.25) is 5.91 Å². The minimum atomic E-state index is -0.244. The molecule has 0 atom stereocenters. The lowest BCUT2D eigenvalue weighted by Gasteiger charge is -2.23. The molecule has 0 fully saturated rings. The highest BCUT2D eigenvalue weighted by Crippen LogP contribution is 2.26. The molecule has 0 saturated heterocycles. The number of fused-ring (bicyclic) bond motifs is 3. The number of aromatic nitrogens is 3. The first-order valence-corrected chi connectivity index (χ1v) is 10.9. The van der Waals surface area contributed by atoms with Gasteiger partial charge in [0.15, 0.2) is 0 Å². The third-order valence-corrected chi connectivity index (χ3v) is 5.60. The van der Waals surface area contributed by atoms with Gasteiger partial charge in [0, 0.05) is 35.9 Å². The van der Waals surface area contributed by atoms with Crippen LogP contribution in [0.4, 0.5) is 0 Å². The number of furan rings is 1. The first-order valence-electron chi connectivity index (χ1n) is 10.9. The molecule has 0 saturated carbocycles. The van der Waals surface area contributed by atoms with Crippen molar-refractivity contribution in [2.75, 3.05) is 27.2 Å². The monoisotopic (exact) mass is 435 g/mol. The third kappa shape index (κ3) is 4.31. The predicted octanol–water partition coefficient (Wildman–Crippen LogP) is 2.94. The predicted molar refractivity (Wildman–Crippen MR) is 124 cm³/mol. The number of likely N-dealkylation sites (N-methyl/N-ethyl adjacent to an activating group) is 1. The number of hydrogen-bond acceptors (Lipinski definition) is 5. The summed E-state index contributed by atoms with van der Waals surface area (Å²) in [6, 6.07) is 11.6. The molecule has 8 heteroatoms. The highest BCUT2D eigenvalue weighted by molar-refractivity contribution is 6.07. The quantitative estimate of drug-likeness (QED) is 0.404. The third-order valence-electron chi connectivity index (χ3n) is 5.60. The Kier molecular flexibility index (Phi) is 6.41. The van der Waals surface area contributed by atoms with Crippen LogP contribution in [0.5, 0.6) is 0 Å². The van der Waals surface area contributed by atoms with E-state index in [1.807, 2.05) is 53.9 Å². The SMILES string of the molecule is CCCn1c2ccccc2c2cnn(CC(=O)N(CCN(C)C)Cc3ccco3)c(=O)c21. The van der Waals surface area contributed by atoms with Crippen molar-refractivity contribution in [3.8, 4) is 0 Å². The molecule has 168 valence electrons. The Labute approximate surface area is 186 Å². The summed E-state index contributed by atoms with van der Waals surface area (Å²) in [4.78, 5) is 30.3. The molecule has 0 unspecified atom stereocenters. The minimum Gasteiger partial charge on any atom is -0.467 e. The van der Waals surface area contributed by atoms with Gasteiger partial charge in [0.25, 0.3) is 5.56 Å². The Bertz CT molecular complexity index is 1270. The fraction of sp³-hybridized carbons (Fsp3) is 0.375. The van der Waals surface area contributed by atoms with E-state index in [4.69, 9.17) is 4.42 Å². The van der Waals surface area contributed by atoms with Crippen LogP contribution in [0.2, 0.25) is 0 Å². The summed E-state index contributed by atoms with van der Waals surface area (Å²) >= 11 is 0. The molecule has 4 aromatic rings. The van der Waals surface area contributed by atoms with E-state index in [1.165, 1.54) is 4.68 Å². The van der Waals surface area contributed by atoms with Crippen LogP contribution < -0.4 is 5.56 Å². The molecule has 0 radical (unpaired) electrons. The summed E-state index contributed by atoms with van der Waals surface area (Å²) < 4.78 is 8.76. The van der Waals surface area contributed by atoms with Crippen LogP contribution in [-0.4, -0.2) is 57.2 Å². The van der Waals surface area contributed by atoms with Crippen LogP contribution >= 0.6 is 0 Å². The summed E-state index contributed by atoms with van der Waals surface area (Å²) in [5.74, 6) is 0.534. The van der Waals surface area contributed by atoms with E-state index < -0.39 is 0 Å². The van der Waals surface area contributed by atoms with E-state index in [0.717, 1.165) is 29.3 Å². The first kappa shape index (κ1) is 21.8. The van der Waals surface area contributed by atoms with E-state index in [9.17, 15) is 9.59 Å². The van der Waals surface area contributed by atoms with Gasteiger partial charge in [-0.3, -0.25) is 9.59 Å². The molecule has 0 bridgehead atoms. The van der Waals surface area contributed by atoms with Crippen LogP contribution in [0.25, 0.3) is 21.8 Å². The van der Waals surface area contributed by atoms with Gasteiger partial charge in [-0.05, 0) is 38.7 Å². The first-order chi connectivity index (χ1) is 15.5. The van der Waals surface area contributed by atoms with E-state index in [-0.39, 0.29) is 18.0 Å². The molecule has 1 amide bonds. The molecule has 32 heavy (non-hydrogen) atoms. The second kappa shape index (κ2) is 9.40. The van der Waals surface area contributed by atoms with E-state index in [0.29, 0.717) is 30.9 Å². The Balaban J connectivity index is 1.68. The number of para-hydroxylation sites is 1. The normalized spacial score (nSPS) is 11.6.